The van der Waals surface area contributed by atoms with Crippen molar-refractivity contribution in [3.63, 3.8) is 0 Å². The van der Waals surface area contributed by atoms with Crippen LogP contribution in [-0.4, -0.2) is 60.3 Å². The van der Waals surface area contributed by atoms with Crippen molar-refractivity contribution in [1.82, 2.24) is 25.7 Å². The fraction of sp³-hybridized carbons (Fsp3) is 0.412. The number of nitrogens with one attached hydrogen (secondary N) is 3. The second-order valence-corrected chi connectivity index (χ2v) is 5.73. The van der Waals surface area contributed by atoms with Crippen molar-refractivity contribution >= 4 is 18.3 Å². The van der Waals surface area contributed by atoms with Crippen molar-refractivity contribution in [1.29, 1.82) is 0 Å². The van der Waals surface area contributed by atoms with Gasteiger partial charge in [0, 0.05) is 38.3 Å². The Morgan fingerprint density at radius 3 is 2.71 bits per heavy atom. The first-order valence-electron chi connectivity index (χ1n) is 8.15. The van der Waals surface area contributed by atoms with Gasteiger partial charge in [0.15, 0.2) is 0 Å². The lowest BCUT2D eigenvalue weighted by Crippen LogP contribution is -2.44. The smallest absolute Gasteiger partial charge is 0.269 e. The number of carbonyl (C=O) groups is 1. The molecule has 0 radical (unpaired) electrons. The van der Waals surface area contributed by atoms with Gasteiger partial charge in [0.25, 0.3) is 5.91 Å². The highest BCUT2D eigenvalue weighted by Crippen LogP contribution is 2.16. The fourth-order valence-corrected chi connectivity index (χ4v) is 2.73. The number of hydrogen-bond acceptors (Lipinski definition) is 4. The average molecular weight is 350 g/mol. The van der Waals surface area contributed by atoms with Crippen LogP contribution in [0.2, 0.25) is 0 Å². The first-order valence-corrected chi connectivity index (χ1v) is 8.15. The van der Waals surface area contributed by atoms with Crippen LogP contribution in [0, 0.1) is 0 Å². The van der Waals surface area contributed by atoms with Gasteiger partial charge in [-0.05, 0) is 19.0 Å². The summed E-state index contributed by atoms with van der Waals surface area (Å²) < 4.78 is 0. The first-order chi connectivity index (χ1) is 11.3. The molecule has 0 spiro atoms. The summed E-state index contributed by atoms with van der Waals surface area (Å²) in [4.78, 5) is 14.6. The van der Waals surface area contributed by atoms with Crippen molar-refractivity contribution < 1.29 is 4.79 Å². The van der Waals surface area contributed by atoms with Crippen molar-refractivity contribution in [3.8, 4) is 11.3 Å². The maximum Gasteiger partial charge on any atom is 0.269 e. The van der Waals surface area contributed by atoms with Gasteiger partial charge in [-0.25, -0.2) is 0 Å². The van der Waals surface area contributed by atoms with E-state index in [4.69, 9.17) is 0 Å². The number of amides is 1. The van der Waals surface area contributed by atoms with E-state index in [1.807, 2.05) is 30.3 Å². The number of nitrogens with zero attached hydrogens (tertiary/aromatic N) is 2. The van der Waals surface area contributed by atoms with Crippen molar-refractivity contribution in [3.05, 3.63) is 42.1 Å². The second kappa shape index (κ2) is 9.42. The Morgan fingerprint density at radius 2 is 1.96 bits per heavy atom. The van der Waals surface area contributed by atoms with Gasteiger partial charge in [0.2, 0.25) is 0 Å². The standard InChI is InChI=1S/C17H23N5O.ClH/c23-17(19-7-4-10-22-11-8-18-9-12-22)16-13-15(20-21-16)14-5-2-1-3-6-14;/h1-3,5-6,13,18H,4,7-12H2,(H,19,23)(H,20,21);1H. The molecule has 1 fully saturated rings. The molecule has 1 amide bonds. The zero-order valence-corrected chi connectivity index (χ0v) is 14.4. The Labute approximate surface area is 148 Å². The third kappa shape index (κ3) is 5.06. The zero-order chi connectivity index (χ0) is 15.9. The van der Waals surface area contributed by atoms with Gasteiger partial charge >= 0.3 is 0 Å². The lowest BCUT2D eigenvalue weighted by atomic mass is 10.1. The first kappa shape index (κ1) is 18.4. The Balaban J connectivity index is 0.00000208. The lowest BCUT2D eigenvalue weighted by Gasteiger charge is -2.26. The summed E-state index contributed by atoms with van der Waals surface area (Å²) >= 11 is 0. The van der Waals surface area contributed by atoms with Gasteiger partial charge in [-0.3, -0.25) is 9.89 Å². The van der Waals surface area contributed by atoms with E-state index in [-0.39, 0.29) is 18.3 Å². The number of hydrogen-bond donors (Lipinski definition) is 3. The van der Waals surface area contributed by atoms with Gasteiger partial charge in [-0.1, -0.05) is 30.3 Å². The molecule has 6 nitrogen and oxygen atoms in total. The number of rotatable bonds is 6. The van der Waals surface area contributed by atoms with Crippen LogP contribution in [0.3, 0.4) is 0 Å². The van der Waals surface area contributed by atoms with Gasteiger partial charge in [0.05, 0.1) is 5.69 Å². The fourth-order valence-electron chi connectivity index (χ4n) is 2.73. The van der Waals surface area contributed by atoms with E-state index < -0.39 is 0 Å². The summed E-state index contributed by atoms with van der Waals surface area (Å²) in [6.45, 7) is 6.01. The Kier molecular flexibility index (Phi) is 7.24. The van der Waals surface area contributed by atoms with E-state index in [0.29, 0.717) is 12.2 Å². The van der Waals surface area contributed by atoms with E-state index in [2.05, 4.69) is 25.7 Å². The molecule has 130 valence electrons. The maximum absolute atomic E-state index is 12.1. The van der Waals surface area contributed by atoms with Crippen LogP contribution in [0.25, 0.3) is 11.3 Å². The summed E-state index contributed by atoms with van der Waals surface area (Å²) in [6.07, 6.45) is 0.964. The number of halogens is 1. The molecule has 1 aromatic carbocycles. The van der Waals surface area contributed by atoms with Gasteiger partial charge in [0.1, 0.15) is 5.69 Å². The predicted molar refractivity (Wildman–Crippen MR) is 97.5 cm³/mol. The highest BCUT2D eigenvalue weighted by Gasteiger charge is 2.11. The largest absolute Gasteiger partial charge is 0.351 e. The van der Waals surface area contributed by atoms with Crippen molar-refractivity contribution in [2.75, 3.05) is 39.3 Å². The number of aromatic amines is 1. The molecule has 0 bridgehead atoms. The molecular weight excluding hydrogens is 326 g/mol. The molecule has 0 saturated carbocycles. The van der Waals surface area contributed by atoms with E-state index in [1.165, 1.54) is 0 Å². The quantitative estimate of drug-likeness (QED) is 0.691. The van der Waals surface area contributed by atoms with E-state index >= 15 is 0 Å². The summed E-state index contributed by atoms with van der Waals surface area (Å²) in [5.74, 6) is -0.0972. The van der Waals surface area contributed by atoms with E-state index in [1.54, 1.807) is 6.07 Å². The molecule has 2 heterocycles. The summed E-state index contributed by atoms with van der Waals surface area (Å²) in [5, 5.41) is 13.3. The minimum absolute atomic E-state index is 0. The molecule has 0 aliphatic carbocycles. The highest BCUT2D eigenvalue weighted by molar-refractivity contribution is 5.93. The van der Waals surface area contributed by atoms with Gasteiger partial charge in [-0.15, -0.1) is 12.4 Å². The summed E-state index contributed by atoms with van der Waals surface area (Å²) in [5.41, 5.74) is 2.30. The summed E-state index contributed by atoms with van der Waals surface area (Å²) in [6, 6.07) is 11.6. The Bertz CT molecular complexity index is 625. The maximum atomic E-state index is 12.1. The molecule has 2 aromatic rings. The van der Waals surface area contributed by atoms with Crippen LogP contribution >= 0.6 is 12.4 Å². The van der Waals surface area contributed by atoms with E-state index in [9.17, 15) is 4.79 Å². The van der Waals surface area contributed by atoms with Crippen LogP contribution in [0.15, 0.2) is 36.4 Å². The van der Waals surface area contributed by atoms with Gasteiger partial charge < -0.3 is 15.5 Å². The third-order valence-corrected chi connectivity index (χ3v) is 4.04. The van der Waals surface area contributed by atoms with Crippen molar-refractivity contribution in [2.45, 2.75) is 6.42 Å². The monoisotopic (exact) mass is 349 g/mol. The number of piperazine rings is 1. The Morgan fingerprint density at radius 1 is 1.21 bits per heavy atom. The van der Waals surface area contributed by atoms with Crippen LogP contribution < -0.4 is 10.6 Å². The SMILES string of the molecule is Cl.O=C(NCCCN1CCNCC1)c1cc(-c2ccccc2)n[nH]1. The van der Waals surface area contributed by atoms with Crippen LogP contribution in [0.4, 0.5) is 0 Å². The van der Waals surface area contributed by atoms with Crippen molar-refractivity contribution in [2.24, 2.45) is 0 Å². The average Bonchev–Trinajstić information content (AvgIpc) is 3.10. The van der Waals surface area contributed by atoms with Crippen LogP contribution in [0.5, 0.6) is 0 Å². The molecule has 7 heteroatoms. The number of carbonyl (C=O) groups excluding carboxylic acids is 1. The molecule has 1 saturated heterocycles. The highest BCUT2D eigenvalue weighted by atomic mass is 35.5. The van der Waals surface area contributed by atoms with Gasteiger partial charge in [-0.2, -0.15) is 5.10 Å². The van der Waals surface area contributed by atoms with Crippen LogP contribution in [0.1, 0.15) is 16.9 Å². The molecule has 3 N–H and O–H groups in total. The molecule has 1 aromatic heterocycles. The minimum atomic E-state index is -0.0972. The number of benzene rings is 1. The molecule has 24 heavy (non-hydrogen) atoms. The zero-order valence-electron chi connectivity index (χ0n) is 13.6. The third-order valence-electron chi connectivity index (χ3n) is 4.04. The minimum Gasteiger partial charge on any atom is -0.351 e. The second-order valence-electron chi connectivity index (χ2n) is 5.73. The topological polar surface area (TPSA) is 73.1 Å². The summed E-state index contributed by atoms with van der Waals surface area (Å²) in [7, 11) is 0. The number of H-pyrrole nitrogens is 1. The molecule has 1 aliphatic rings. The molecule has 0 atom stereocenters. The molecule has 0 unspecified atom stereocenters. The van der Waals surface area contributed by atoms with E-state index in [0.717, 1.165) is 50.4 Å². The normalized spacial score (nSPS) is 14.8. The van der Waals surface area contributed by atoms with Crippen LogP contribution in [-0.2, 0) is 0 Å². The molecule has 3 rings (SSSR count). The Hall–Kier alpha value is -1.89. The predicted octanol–water partition coefficient (Wildman–Crippen LogP) is 1.52. The molecular formula is C17H24ClN5O. The lowest BCUT2D eigenvalue weighted by molar-refractivity contribution is 0.0946. The molecule has 1 aliphatic heterocycles. The number of aromatic nitrogens is 2.